The maximum Gasteiger partial charge on any atom is 0.192 e. The van der Waals surface area contributed by atoms with Gasteiger partial charge in [0.15, 0.2) is 15.7 Å². The predicted octanol–water partition coefficient (Wildman–Crippen LogP) is 6.06. The van der Waals surface area contributed by atoms with E-state index in [0.29, 0.717) is 22.1 Å². The van der Waals surface area contributed by atoms with E-state index in [4.69, 9.17) is 9.98 Å². The van der Waals surface area contributed by atoms with Crippen LogP contribution in [0.2, 0.25) is 0 Å². The van der Waals surface area contributed by atoms with Gasteiger partial charge < -0.3 is 4.98 Å². The van der Waals surface area contributed by atoms with Gasteiger partial charge in [-0.25, -0.2) is 13.4 Å². The van der Waals surface area contributed by atoms with Crippen LogP contribution >= 0.6 is 0 Å². The number of amidine groups is 1. The van der Waals surface area contributed by atoms with Crippen LogP contribution < -0.4 is 0 Å². The number of nitrogens with zero attached hydrogens (tertiary/aromatic N) is 2. The molecule has 0 amide bonds. The Morgan fingerprint density at radius 3 is 2.33 bits per heavy atom. The molecule has 2 aliphatic rings. The SMILES string of the molecule is CC1=NC(=NC2CCCCC2)c2cc(-c3ccccc3)[nH]c2C1S(=O)(=O)c1ccc(C)cc1. The van der Waals surface area contributed by atoms with E-state index in [1.807, 2.05) is 55.5 Å². The Hall–Kier alpha value is -2.99. The number of benzene rings is 2. The van der Waals surface area contributed by atoms with Crippen LogP contribution in [-0.2, 0) is 9.84 Å². The molecule has 0 spiro atoms. The number of aryl methyl sites for hydroxylation is 1. The fraction of sp³-hybridized carbons (Fsp3) is 0.333. The summed E-state index contributed by atoms with van der Waals surface area (Å²) in [6.45, 7) is 3.76. The van der Waals surface area contributed by atoms with Crippen LogP contribution in [0.1, 0.15) is 61.1 Å². The molecule has 0 bridgehead atoms. The smallest absolute Gasteiger partial charge is 0.192 e. The second-order valence-electron chi connectivity index (χ2n) is 9.11. The molecule has 0 radical (unpaired) electrons. The number of rotatable bonds is 4. The van der Waals surface area contributed by atoms with Gasteiger partial charge in [0.05, 0.1) is 16.6 Å². The van der Waals surface area contributed by atoms with Crippen molar-refractivity contribution in [2.75, 3.05) is 0 Å². The van der Waals surface area contributed by atoms with Crippen molar-refractivity contribution in [2.24, 2.45) is 9.98 Å². The van der Waals surface area contributed by atoms with Crippen molar-refractivity contribution >= 4 is 21.4 Å². The summed E-state index contributed by atoms with van der Waals surface area (Å²) in [7, 11) is -3.68. The predicted molar refractivity (Wildman–Crippen MR) is 134 cm³/mol. The lowest BCUT2D eigenvalue weighted by atomic mass is 9.95. The molecular weight excluding hydrogens is 430 g/mol. The number of aromatic amines is 1. The summed E-state index contributed by atoms with van der Waals surface area (Å²) in [4.78, 5) is 13.5. The van der Waals surface area contributed by atoms with Crippen molar-refractivity contribution in [2.45, 2.75) is 62.1 Å². The molecule has 170 valence electrons. The van der Waals surface area contributed by atoms with Gasteiger partial charge in [-0.15, -0.1) is 0 Å². The molecule has 1 saturated carbocycles. The number of fused-ring (bicyclic) bond motifs is 1. The summed E-state index contributed by atoms with van der Waals surface area (Å²) in [6.07, 6.45) is 5.75. The van der Waals surface area contributed by atoms with Crippen LogP contribution in [0.4, 0.5) is 0 Å². The number of sulfone groups is 1. The molecule has 0 saturated heterocycles. The van der Waals surface area contributed by atoms with Gasteiger partial charge in [-0.3, -0.25) is 4.99 Å². The van der Waals surface area contributed by atoms with E-state index in [1.54, 1.807) is 19.1 Å². The maximum absolute atomic E-state index is 13.8. The molecule has 1 aromatic heterocycles. The molecule has 6 heteroatoms. The summed E-state index contributed by atoms with van der Waals surface area (Å²) in [5.41, 5.74) is 4.93. The number of aliphatic imine (C=N–C) groups is 2. The normalized spacial score (nSPS) is 20.5. The Morgan fingerprint density at radius 1 is 0.939 bits per heavy atom. The van der Waals surface area contributed by atoms with Crippen molar-refractivity contribution in [3.8, 4) is 11.3 Å². The average Bonchev–Trinajstić information content (AvgIpc) is 3.26. The minimum Gasteiger partial charge on any atom is -0.356 e. The lowest BCUT2D eigenvalue weighted by Crippen LogP contribution is -2.28. The first-order chi connectivity index (χ1) is 15.9. The maximum atomic E-state index is 13.8. The van der Waals surface area contributed by atoms with Gasteiger partial charge in [0.2, 0.25) is 0 Å². The highest BCUT2D eigenvalue weighted by molar-refractivity contribution is 7.92. The second kappa shape index (κ2) is 8.75. The van der Waals surface area contributed by atoms with E-state index in [-0.39, 0.29) is 6.04 Å². The lowest BCUT2D eigenvalue weighted by Gasteiger charge is -2.24. The third-order valence-electron chi connectivity index (χ3n) is 6.64. The summed E-state index contributed by atoms with van der Waals surface area (Å²) in [5.74, 6) is 0.656. The molecule has 1 fully saturated rings. The van der Waals surface area contributed by atoms with E-state index in [1.165, 1.54) is 19.3 Å². The van der Waals surface area contributed by atoms with Gasteiger partial charge in [-0.1, -0.05) is 67.3 Å². The quantitative estimate of drug-likeness (QED) is 0.515. The summed E-state index contributed by atoms with van der Waals surface area (Å²) < 4.78 is 27.5. The zero-order valence-electron chi connectivity index (χ0n) is 19.1. The number of H-pyrrole nitrogens is 1. The number of nitrogens with one attached hydrogen (secondary N) is 1. The van der Waals surface area contributed by atoms with Crippen LogP contribution in [0.25, 0.3) is 11.3 Å². The zero-order valence-corrected chi connectivity index (χ0v) is 19.9. The van der Waals surface area contributed by atoms with Crippen LogP contribution in [0.5, 0.6) is 0 Å². The van der Waals surface area contributed by atoms with Crippen molar-refractivity contribution in [1.82, 2.24) is 4.98 Å². The highest BCUT2D eigenvalue weighted by Gasteiger charge is 2.39. The Bertz CT molecular complexity index is 1310. The van der Waals surface area contributed by atoms with Crippen molar-refractivity contribution in [3.63, 3.8) is 0 Å². The molecule has 1 unspecified atom stereocenters. The molecule has 2 heterocycles. The summed E-state index contributed by atoms with van der Waals surface area (Å²) >= 11 is 0. The molecule has 2 aromatic carbocycles. The molecule has 1 aliphatic heterocycles. The van der Waals surface area contributed by atoms with Gasteiger partial charge >= 0.3 is 0 Å². The molecule has 5 rings (SSSR count). The number of hydrogen-bond donors (Lipinski definition) is 1. The largest absolute Gasteiger partial charge is 0.356 e. The first-order valence-electron chi connectivity index (χ1n) is 11.7. The number of aromatic nitrogens is 1. The van der Waals surface area contributed by atoms with Gasteiger partial charge in [-0.2, -0.15) is 0 Å². The first kappa shape index (κ1) is 21.8. The molecule has 5 nitrogen and oxygen atoms in total. The fourth-order valence-electron chi connectivity index (χ4n) is 4.86. The highest BCUT2D eigenvalue weighted by Crippen LogP contribution is 2.38. The van der Waals surface area contributed by atoms with Crippen LogP contribution in [-0.4, -0.2) is 31.0 Å². The van der Waals surface area contributed by atoms with E-state index in [9.17, 15) is 8.42 Å². The molecule has 3 aromatic rings. The Labute approximate surface area is 195 Å². The summed E-state index contributed by atoms with van der Waals surface area (Å²) in [6, 6.07) is 19.3. The second-order valence-corrected chi connectivity index (χ2v) is 11.1. The van der Waals surface area contributed by atoms with E-state index in [0.717, 1.165) is 35.2 Å². The van der Waals surface area contributed by atoms with E-state index in [2.05, 4.69) is 4.98 Å². The topological polar surface area (TPSA) is 74.7 Å². The Kier molecular flexibility index (Phi) is 5.79. The van der Waals surface area contributed by atoms with E-state index >= 15 is 0 Å². The standard InChI is InChI=1S/C27H29N3O2S/c1-18-13-15-22(16-14-18)33(31,32)26-19(2)28-27(29-21-11-7-4-8-12-21)23-17-24(30-25(23)26)20-9-5-3-6-10-20/h3,5-6,9-10,13-17,21,26,30H,4,7-8,11-12H2,1-2H3. The zero-order chi connectivity index (χ0) is 23.0. The van der Waals surface area contributed by atoms with Crippen LogP contribution in [0, 0.1) is 6.92 Å². The molecular formula is C27H29N3O2S. The van der Waals surface area contributed by atoms with E-state index < -0.39 is 15.1 Å². The lowest BCUT2D eigenvalue weighted by molar-refractivity contribution is 0.443. The third kappa shape index (κ3) is 4.20. The Balaban J connectivity index is 1.65. The van der Waals surface area contributed by atoms with Gasteiger partial charge in [0.25, 0.3) is 0 Å². The van der Waals surface area contributed by atoms with Crippen molar-refractivity contribution in [1.29, 1.82) is 0 Å². The average molecular weight is 460 g/mol. The van der Waals surface area contributed by atoms with Gasteiger partial charge in [-0.05, 0) is 50.5 Å². The van der Waals surface area contributed by atoms with Gasteiger partial charge in [0.1, 0.15) is 5.25 Å². The molecule has 1 atom stereocenters. The fourth-order valence-corrected chi connectivity index (χ4v) is 6.64. The molecule has 1 aliphatic carbocycles. The summed E-state index contributed by atoms with van der Waals surface area (Å²) in [5, 5.41) is -0.863. The minimum absolute atomic E-state index is 0.249. The van der Waals surface area contributed by atoms with Crippen LogP contribution in [0.15, 0.2) is 75.5 Å². The first-order valence-corrected chi connectivity index (χ1v) is 13.2. The Morgan fingerprint density at radius 2 is 1.64 bits per heavy atom. The van der Waals surface area contributed by atoms with Gasteiger partial charge in [0, 0.05) is 17.0 Å². The molecule has 1 N–H and O–H groups in total. The minimum atomic E-state index is -3.68. The highest BCUT2D eigenvalue weighted by atomic mass is 32.2. The monoisotopic (exact) mass is 459 g/mol. The van der Waals surface area contributed by atoms with Crippen molar-refractivity contribution in [3.05, 3.63) is 77.5 Å². The molecule has 33 heavy (non-hydrogen) atoms. The van der Waals surface area contributed by atoms with Crippen LogP contribution in [0.3, 0.4) is 0 Å². The third-order valence-corrected chi connectivity index (χ3v) is 8.76. The van der Waals surface area contributed by atoms with Crippen molar-refractivity contribution < 1.29 is 8.42 Å². The number of hydrogen-bond acceptors (Lipinski definition) is 3.